The van der Waals surface area contributed by atoms with Crippen LogP contribution in [0.25, 0.3) is 0 Å². The molecule has 1 aromatic carbocycles. The van der Waals surface area contributed by atoms with Crippen LogP contribution in [0.5, 0.6) is 0 Å². The van der Waals surface area contributed by atoms with Crippen LogP contribution in [-0.2, 0) is 0 Å². The zero-order valence-corrected chi connectivity index (χ0v) is 12.3. The van der Waals surface area contributed by atoms with Crippen molar-refractivity contribution < 1.29 is 9.21 Å². The number of carbonyl (C=O) groups excluding carboxylic acids is 1. The molecular formula is C16H20N2O2. The first-order valence-corrected chi connectivity index (χ1v) is 6.67. The highest BCUT2D eigenvalue weighted by Crippen LogP contribution is 2.17. The number of hydrogen-bond acceptors (Lipinski definition) is 2. The molecule has 106 valence electrons. The van der Waals surface area contributed by atoms with Crippen LogP contribution in [0, 0.1) is 20.8 Å². The van der Waals surface area contributed by atoms with E-state index in [1.807, 2.05) is 58.0 Å². The highest BCUT2D eigenvalue weighted by Gasteiger charge is 2.12. The number of anilines is 1. The van der Waals surface area contributed by atoms with Crippen molar-refractivity contribution in [3.63, 3.8) is 0 Å². The predicted octanol–water partition coefficient (Wildman–Crippen LogP) is 4.09. The molecule has 1 heterocycles. The van der Waals surface area contributed by atoms with E-state index in [2.05, 4.69) is 10.6 Å². The van der Waals surface area contributed by atoms with E-state index in [4.69, 9.17) is 4.42 Å². The van der Waals surface area contributed by atoms with Gasteiger partial charge in [-0.05, 0) is 63.1 Å². The first-order valence-electron chi connectivity index (χ1n) is 6.67. The Labute approximate surface area is 119 Å². The Morgan fingerprint density at radius 1 is 1.10 bits per heavy atom. The molecule has 0 bridgehead atoms. The molecule has 1 unspecified atom stereocenters. The predicted molar refractivity (Wildman–Crippen MR) is 79.9 cm³/mol. The smallest absolute Gasteiger partial charge is 0.319 e. The molecule has 2 N–H and O–H groups in total. The van der Waals surface area contributed by atoms with Gasteiger partial charge in [0.25, 0.3) is 0 Å². The number of nitrogens with one attached hydrogen (secondary N) is 2. The maximum atomic E-state index is 11.9. The summed E-state index contributed by atoms with van der Waals surface area (Å²) in [5, 5.41) is 5.67. The van der Waals surface area contributed by atoms with Crippen molar-refractivity contribution in [2.75, 3.05) is 5.32 Å². The number of benzene rings is 1. The molecule has 1 aromatic heterocycles. The SMILES string of the molecule is Cc1ccc(C(C)NC(=O)Nc2ccc(C)c(C)c2)o1. The molecule has 0 saturated heterocycles. The lowest BCUT2D eigenvalue weighted by Gasteiger charge is -2.13. The summed E-state index contributed by atoms with van der Waals surface area (Å²) in [6.45, 7) is 7.83. The zero-order valence-electron chi connectivity index (χ0n) is 12.3. The van der Waals surface area contributed by atoms with Gasteiger partial charge in [-0.3, -0.25) is 0 Å². The van der Waals surface area contributed by atoms with E-state index in [9.17, 15) is 4.79 Å². The fourth-order valence-electron chi connectivity index (χ4n) is 1.94. The number of hydrogen-bond donors (Lipinski definition) is 2. The van der Waals surface area contributed by atoms with Gasteiger partial charge in [-0.1, -0.05) is 6.07 Å². The van der Waals surface area contributed by atoms with E-state index in [-0.39, 0.29) is 12.1 Å². The minimum absolute atomic E-state index is 0.171. The molecule has 0 spiro atoms. The summed E-state index contributed by atoms with van der Waals surface area (Å²) in [5.74, 6) is 1.58. The lowest BCUT2D eigenvalue weighted by Crippen LogP contribution is -2.31. The molecule has 0 fully saturated rings. The third-order valence-corrected chi connectivity index (χ3v) is 3.30. The van der Waals surface area contributed by atoms with Crippen LogP contribution >= 0.6 is 0 Å². The summed E-state index contributed by atoms with van der Waals surface area (Å²) in [6, 6.07) is 9.18. The van der Waals surface area contributed by atoms with E-state index < -0.39 is 0 Å². The van der Waals surface area contributed by atoms with Crippen LogP contribution in [-0.4, -0.2) is 6.03 Å². The number of urea groups is 1. The van der Waals surface area contributed by atoms with Crippen molar-refractivity contribution in [1.82, 2.24) is 5.32 Å². The molecule has 2 aromatic rings. The second-order valence-electron chi connectivity index (χ2n) is 5.07. The first-order chi connectivity index (χ1) is 9.45. The third kappa shape index (κ3) is 3.41. The van der Waals surface area contributed by atoms with Crippen molar-refractivity contribution in [1.29, 1.82) is 0 Å². The first kappa shape index (κ1) is 14.2. The number of rotatable bonds is 3. The standard InChI is InChI=1S/C16H20N2O2/c1-10-5-7-14(9-11(10)2)18-16(19)17-13(4)15-8-6-12(3)20-15/h5-9,13H,1-4H3,(H2,17,18,19). The Morgan fingerprint density at radius 3 is 2.45 bits per heavy atom. The minimum atomic E-state index is -0.241. The molecule has 0 aliphatic rings. The maximum absolute atomic E-state index is 11.9. The molecule has 4 heteroatoms. The number of aryl methyl sites for hydroxylation is 3. The Bertz CT molecular complexity index is 617. The van der Waals surface area contributed by atoms with Crippen LogP contribution in [0.15, 0.2) is 34.7 Å². The van der Waals surface area contributed by atoms with Crippen molar-refractivity contribution in [3.05, 3.63) is 53.0 Å². The molecule has 0 radical (unpaired) electrons. The van der Waals surface area contributed by atoms with E-state index >= 15 is 0 Å². The summed E-state index contributed by atoms with van der Waals surface area (Å²) in [5.41, 5.74) is 3.14. The van der Waals surface area contributed by atoms with E-state index in [1.165, 1.54) is 5.56 Å². The normalized spacial score (nSPS) is 12.0. The lowest BCUT2D eigenvalue weighted by atomic mass is 10.1. The van der Waals surface area contributed by atoms with Gasteiger partial charge < -0.3 is 15.1 Å². The molecular weight excluding hydrogens is 252 g/mol. The van der Waals surface area contributed by atoms with E-state index in [0.29, 0.717) is 0 Å². The van der Waals surface area contributed by atoms with Crippen molar-refractivity contribution in [2.24, 2.45) is 0 Å². The number of furan rings is 1. The highest BCUT2D eigenvalue weighted by atomic mass is 16.3. The fraction of sp³-hybridized carbons (Fsp3) is 0.312. The Balaban J connectivity index is 1.96. The summed E-state index contributed by atoms with van der Waals surface area (Å²) in [4.78, 5) is 11.9. The van der Waals surface area contributed by atoms with Gasteiger partial charge in [0.1, 0.15) is 11.5 Å². The second kappa shape index (κ2) is 5.82. The molecule has 20 heavy (non-hydrogen) atoms. The number of amides is 2. The largest absolute Gasteiger partial charge is 0.464 e. The van der Waals surface area contributed by atoms with Crippen LogP contribution in [0.2, 0.25) is 0 Å². The molecule has 2 amide bonds. The van der Waals surface area contributed by atoms with Gasteiger partial charge in [0.15, 0.2) is 0 Å². The van der Waals surface area contributed by atoms with Gasteiger partial charge in [0.05, 0.1) is 6.04 Å². The van der Waals surface area contributed by atoms with Crippen LogP contribution < -0.4 is 10.6 Å². The van der Waals surface area contributed by atoms with Crippen LogP contribution in [0.3, 0.4) is 0 Å². The maximum Gasteiger partial charge on any atom is 0.319 e. The van der Waals surface area contributed by atoms with Crippen LogP contribution in [0.1, 0.15) is 35.6 Å². The quantitative estimate of drug-likeness (QED) is 0.884. The highest BCUT2D eigenvalue weighted by molar-refractivity contribution is 5.89. The van der Waals surface area contributed by atoms with Crippen molar-refractivity contribution in [2.45, 2.75) is 33.7 Å². The molecule has 0 aliphatic carbocycles. The van der Waals surface area contributed by atoms with Gasteiger partial charge in [-0.2, -0.15) is 0 Å². The summed E-state index contributed by atoms with van der Waals surface area (Å²) < 4.78 is 5.49. The summed E-state index contributed by atoms with van der Waals surface area (Å²) >= 11 is 0. The van der Waals surface area contributed by atoms with Gasteiger partial charge in [0, 0.05) is 5.69 Å². The molecule has 4 nitrogen and oxygen atoms in total. The van der Waals surface area contributed by atoms with E-state index in [1.54, 1.807) is 0 Å². The topological polar surface area (TPSA) is 54.3 Å². The second-order valence-corrected chi connectivity index (χ2v) is 5.07. The van der Waals surface area contributed by atoms with Crippen LogP contribution in [0.4, 0.5) is 10.5 Å². The summed E-state index contributed by atoms with van der Waals surface area (Å²) in [6.07, 6.45) is 0. The molecule has 2 rings (SSSR count). The Kier molecular flexibility index (Phi) is 4.13. The Hall–Kier alpha value is -2.23. The van der Waals surface area contributed by atoms with Gasteiger partial charge in [0.2, 0.25) is 0 Å². The van der Waals surface area contributed by atoms with Gasteiger partial charge in [-0.25, -0.2) is 4.79 Å². The van der Waals surface area contributed by atoms with Crippen molar-refractivity contribution >= 4 is 11.7 Å². The number of carbonyl (C=O) groups is 1. The molecule has 1 atom stereocenters. The summed E-state index contributed by atoms with van der Waals surface area (Å²) in [7, 11) is 0. The third-order valence-electron chi connectivity index (χ3n) is 3.30. The minimum Gasteiger partial charge on any atom is -0.464 e. The monoisotopic (exact) mass is 272 g/mol. The molecule has 0 saturated carbocycles. The average Bonchev–Trinajstić information content (AvgIpc) is 2.80. The average molecular weight is 272 g/mol. The van der Waals surface area contributed by atoms with Crippen molar-refractivity contribution in [3.8, 4) is 0 Å². The van der Waals surface area contributed by atoms with E-state index in [0.717, 1.165) is 22.8 Å². The lowest BCUT2D eigenvalue weighted by molar-refractivity contribution is 0.247. The zero-order chi connectivity index (χ0) is 14.7. The Morgan fingerprint density at radius 2 is 1.85 bits per heavy atom. The van der Waals surface area contributed by atoms with Gasteiger partial charge in [-0.15, -0.1) is 0 Å². The molecule has 0 aliphatic heterocycles. The van der Waals surface area contributed by atoms with Gasteiger partial charge >= 0.3 is 6.03 Å². The fourth-order valence-corrected chi connectivity index (χ4v) is 1.94.